The van der Waals surface area contributed by atoms with Crippen molar-refractivity contribution in [3.63, 3.8) is 0 Å². The monoisotopic (exact) mass is 389 g/mol. The highest BCUT2D eigenvalue weighted by molar-refractivity contribution is 5.64. The second kappa shape index (κ2) is 8.12. The van der Waals surface area contributed by atoms with Crippen LogP contribution < -0.4 is 15.4 Å². The lowest BCUT2D eigenvalue weighted by molar-refractivity contribution is -0.137. The van der Waals surface area contributed by atoms with E-state index >= 15 is 0 Å². The largest absolute Gasteiger partial charge is 0.489 e. The van der Waals surface area contributed by atoms with Crippen molar-refractivity contribution < 1.29 is 17.9 Å². The van der Waals surface area contributed by atoms with Gasteiger partial charge in [-0.1, -0.05) is 18.2 Å². The molecule has 1 heterocycles. The molecule has 0 saturated heterocycles. The summed E-state index contributed by atoms with van der Waals surface area (Å²) in [5.41, 5.74) is 0.136. The van der Waals surface area contributed by atoms with Gasteiger partial charge in [-0.05, 0) is 44.2 Å². The van der Waals surface area contributed by atoms with E-state index in [2.05, 4.69) is 25.8 Å². The van der Waals surface area contributed by atoms with Crippen molar-refractivity contribution in [2.24, 2.45) is 0 Å². The van der Waals surface area contributed by atoms with Crippen LogP contribution in [0.4, 0.5) is 36.3 Å². The zero-order valence-corrected chi connectivity index (χ0v) is 15.2. The summed E-state index contributed by atoms with van der Waals surface area (Å²) in [5.74, 6) is 1.05. The average Bonchev–Trinajstić information content (AvgIpc) is 2.63. The van der Waals surface area contributed by atoms with Crippen molar-refractivity contribution in [2.45, 2.75) is 26.1 Å². The van der Waals surface area contributed by atoms with Crippen LogP contribution >= 0.6 is 0 Å². The van der Waals surface area contributed by atoms with E-state index in [9.17, 15) is 13.2 Å². The zero-order valence-electron chi connectivity index (χ0n) is 15.2. The van der Waals surface area contributed by atoms with E-state index in [1.165, 1.54) is 18.3 Å². The van der Waals surface area contributed by atoms with Crippen LogP contribution in [0.2, 0.25) is 0 Å². The SMILES string of the molecule is CC(C)Oc1ccccc1Nc1nncc(Nc2cccc(C(F)(F)F)c2)n1. The van der Waals surface area contributed by atoms with Gasteiger partial charge in [-0.2, -0.15) is 23.3 Å². The Morgan fingerprint density at radius 2 is 1.79 bits per heavy atom. The van der Waals surface area contributed by atoms with Gasteiger partial charge in [0.1, 0.15) is 5.75 Å². The van der Waals surface area contributed by atoms with Crippen LogP contribution in [0.25, 0.3) is 0 Å². The van der Waals surface area contributed by atoms with Crippen LogP contribution in [-0.2, 0) is 6.18 Å². The van der Waals surface area contributed by atoms with Crippen LogP contribution in [0.3, 0.4) is 0 Å². The third-order valence-corrected chi connectivity index (χ3v) is 3.52. The quantitative estimate of drug-likeness (QED) is 0.606. The lowest BCUT2D eigenvalue weighted by Gasteiger charge is -2.15. The number of ether oxygens (including phenoxy) is 1. The highest BCUT2D eigenvalue weighted by Crippen LogP contribution is 2.31. The molecule has 0 aliphatic carbocycles. The van der Waals surface area contributed by atoms with Gasteiger partial charge in [-0.15, -0.1) is 5.10 Å². The first kappa shape index (κ1) is 19.4. The average molecular weight is 389 g/mol. The number of halogens is 3. The van der Waals surface area contributed by atoms with E-state index in [0.717, 1.165) is 12.1 Å². The summed E-state index contributed by atoms with van der Waals surface area (Å²) in [7, 11) is 0. The van der Waals surface area contributed by atoms with Gasteiger partial charge >= 0.3 is 6.18 Å². The summed E-state index contributed by atoms with van der Waals surface area (Å²) in [5, 5.41) is 13.6. The molecule has 0 radical (unpaired) electrons. The van der Waals surface area contributed by atoms with Gasteiger partial charge in [0, 0.05) is 5.69 Å². The van der Waals surface area contributed by atoms with Crippen LogP contribution in [0.5, 0.6) is 5.75 Å². The number of benzene rings is 2. The molecule has 0 saturated carbocycles. The number of hydrogen-bond acceptors (Lipinski definition) is 6. The van der Waals surface area contributed by atoms with Crippen LogP contribution in [0.1, 0.15) is 19.4 Å². The molecule has 1 aromatic heterocycles. The minimum atomic E-state index is -4.42. The number of aromatic nitrogens is 3. The normalized spacial score (nSPS) is 11.4. The summed E-state index contributed by atoms with van der Waals surface area (Å²) in [6.07, 6.45) is -3.12. The van der Waals surface area contributed by atoms with Gasteiger partial charge < -0.3 is 15.4 Å². The van der Waals surface area contributed by atoms with Crippen LogP contribution in [0, 0.1) is 0 Å². The smallest absolute Gasteiger partial charge is 0.416 e. The molecule has 3 aromatic rings. The third-order valence-electron chi connectivity index (χ3n) is 3.52. The summed E-state index contributed by atoms with van der Waals surface area (Å²) >= 11 is 0. The second-order valence-corrected chi connectivity index (χ2v) is 6.16. The maximum atomic E-state index is 12.9. The van der Waals surface area contributed by atoms with Gasteiger partial charge in [-0.3, -0.25) is 0 Å². The Morgan fingerprint density at radius 1 is 1.00 bits per heavy atom. The van der Waals surface area contributed by atoms with Crippen molar-refractivity contribution in [2.75, 3.05) is 10.6 Å². The summed E-state index contributed by atoms with van der Waals surface area (Å²) < 4.78 is 44.3. The topological polar surface area (TPSA) is 72.0 Å². The van der Waals surface area contributed by atoms with Crippen LogP contribution in [-0.4, -0.2) is 21.3 Å². The minimum absolute atomic E-state index is 0.0177. The van der Waals surface area contributed by atoms with E-state index in [1.54, 1.807) is 12.1 Å². The predicted molar refractivity (Wildman–Crippen MR) is 100 cm³/mol. The van der Waals surface area contributed by atoms with E-state index in [-0.39, 0.29) is 23.6 Å². The molecule has 28 heavy (non-hydrogen) atoms. The molecule has 0 spiro atoms. The Labute approximate surface area is 159 Å². The molecule has 6 nitrogen and oxygen atoms in total. The summed E-state index contributed by atoms with van der Waals surface area (Å²) in [6.45, 7) is 3.82. The van der Waals surface area contributed by atoms with E-state index in [4.69, 9.17) is 4.74 Å². The highest BCUT2D eigenvalue weighted by Gasteiger charge is 2.30. The summed E-state index contributed by atoms with van der Waals surface area (Å²) in [4.78, 5) is 4.24. The van der Waals surface area contributed by atoms with Gasteiger partial charge in [0.15, 0.2) is 5.82 Å². The van der Waals surface area contributed by atoms with Gasteiger partial charge in [0.05, 0.1) is 23.6 Å². The van der Waals surface area contributed by atoms with Gasteiger partial charge in [0.25, 0.3) is 0 Å². The van der Waals surface area contributed by atoms with Crippen molar-refractivity contribution in [3.05, 3.63) is 60.3 Å². The van der Waals surface area contributed by atoms with E-state index in [1.807, 2.05) is 26.0 Å². The Bertz CT molecular complexity index is 947. The number of para-hydroxylation sites is 2. The molecular weight excluding hydrogens is 371 g/mol. The molecule has 0 fully saturated rings. The van der Waals surface area contributed by atoms with E-state index in [0.29, 0.717) is 11.4 Å². The highest BCUT2D eigenvalue weighted by atomic mass is 19.4. The molecule has 2 aromatic carbocycles. The number of nitrogens with one attached hydrogen (secondary N) is 2. The maximum absolute atomic E-state index is 12.9. The first-order valence-electron chi connectivity index (χ1n) is 8.48. The number of rotatable bonds is 6. The van der Waals surface area contributed by atoms with Crippen molar-refractivity contribution in [1.82, 2.24) is 15.2 Å². The maximum Gasteiger partial charge on any atom is 0.416 e. The third kappa shape index (κ3) is 5.09. The second-order valence-electron chi connectivity index (χ2n) is 6.16. The first-order valence-corrected chi connectivity index (χ1v) is 8.48. The Kier molecular flexibility index (Phi) is 5.62. The first-order chi connectivity index (χ1) is 13.3. The fourth-order valence-corrected chi connectivity index (χ4v) is 2.38. The standard InChI is InChI=1S/C19H18F3N5O/c1-12(2)28-16-9-4-3-8-15(16)25-18-26-17(11-23-27-18)24-14-7-5-6-13(10-14)19(20,21)22/h3-12H,1-2H3,(H2,24,25,26,27). The number of hydrogen-bond donors (Lipinski definition) is 2. The lowest BCUT2D eigenvalue weighted by Crippen LogP contribution is -2.08. The molecule has 9 heteroatoms. The van der Waals surface area contributed by atoms with Gasteiger partial charge in [-0.25, -0.2) is 0 Å². The van der Waals surface area contributed by atoms with E-state index < -0.39 is 11.7 Å². The molecule has 2 N–H and O–H groups in total. The summed E-state index contributed by atoms with van der Waals surface area (Å²) in [6, 6.07) is 12.1. The molecule has 0 bridgehead atoms. The lowest BCUT2D eigenvalue weighted by atomic mass is 10.2. The molecule has 0 unspecified atom stereocenters. The Balaban J connectivity index is 1.79. The molecule has 0 aliphatic heterocycles. The molecule has 3 rings (SSSR count). The number of nitrogens with zero attached hydrogens (tertiary/aromatic N) is 3. The molecule has 0 atom stereocenters. The Morgan fingerprint density at radius 3 is 2.54 bits per heavy atom. The number of alkyl halides is 3. The molecular formula is C19H18F3N5O. The Hall–Kier alpha value is -3.36. The predicted octanol–water partition coefficient (Wildman–Crippen LogP) is 5.16. The van der Waals surface area contributed by atoms with Crippen molar-refractivity contribution >= 4 is 23.1 Å². The zero-order chi connectivity index (χ0) is 20.1. The van der Waals surface area contributed by atoms with Crippen LogP contribution in [0.15, 0.2) is 54.7 Å². The minimum Gasteiger partial charge on any atom is -0.489 e. The molecule has 0 aliphatic rings. The van der Waals surface area contributed by atoms with Gasteiger partial charge in [0.2, 0.25) is 5.95 Å². The van der Waals surface area contributed by atoms with Crippen molar-refractivity contribution in [3.8, 4) is 5.75 Å². The fourth-order valence-electron chi connectivity index (χ4n) is 2.38. The van der Waals surface area contributed by atoms with Crippen molar-refractivity contribution in [1.29, 1.82) is 0 Å². The molecule has 146 valence electrons. The fraction of sp³-hybridized carbons (Fsp3) is 0.211. The molecule has 0 amide bonds. The number of anilines is 4.